The average Bonchev–Trinajstić information content (AvgIpc) is 2.63. The first-order chi connectivity index (χ1) is 13.0. The van der Waals surface area contributed by atoms with Crippen molar-refractivity contribution >= 4 is 5.97 Å². The molecule has 0 aromatic heterocycles. The van der Waals surface area contributed by atoms with Crippen LogP contribution < -0.4 is 14.8 Å². The first-order valence-corrected chi connectivity index (χ1v) is 8.83. The fraction of sp³-hybridized carbons (Fsp3) is 0.350. The smallest absolute Gasteiger partial charge is 0.303 e. The molecular weight excluding hydrogens is 356 g/mol. The Morgan fingerprint density at radius 2 is 1.67 bits per heavy atom. The second-order valence-corrected chi connectivity index (χ2v) is 5.95. The monoisotopic (exact) mass is 379 g/mol. The van der Waals surface area contributed by atoms with E-state index in [9.17, 15) is 13.6 Å². The van der Waals surface area contributed by atoms with Crippen LogP contribution in [-0.2, 0) is 4.79 Å². The number of ether oxygens (including phenoxy) is 2. The van der Waals surface area contributed by atoms with Crippen LogP contribution in [0.5, 0.6) is 17.2 Å². The summed E-state index contributed by atoms with van der Waals surface area (Å²) >= 11 is 0. The highest BCUT2D eigenvalue weighted by molar-refractivity contribution is 5.66. The van der Waals surface area contributed by atoms with Gasteiger partial charge in [-0.25, -0.2) is 8.78 Å². The number of aliphatic carboxylic acids is 1. The SMILES string of the molecule is O=C(O)CCCNCCCCOc1ccc(Oc2ccc(F)cc2F)cc1. The van der Waals surface area contributed by atoms with Gasteiger partial charge < -0.3 is 19.9 Å². The van der Waals surface area contributed by atoms with E-state index in [1.165, 1.54) is 6.07 Å². The van der Waals surface area contributed by atoms with Crippen molar-refractivity contribution in [3.8, 4) is 17.2 Å². The first-order valence-electron chi connectivity index (χ1n) is 8.83. The van der Waals surface area contributed by atoms with Crippen LogP contribution in [0.4, 0.5) is 8.78 Å². The molecule has 0 aliphatic carbocycles. The third-order valence-electron chi connectivity index (χ3n) is 3.71. The summed E-state index contributed by atoms with van der Waals surface area (Å²) in [6.45, 7) is 2.08. The molecular formula is C20H23F2NO4. The van der Waals surface area contributed by atoms with Gasteiger partial charge in [-0.1, -0.05) is 0 Å². The summed E-state index contributed by atoms with van der Waals surface area (Å²) in [7, 11) is 0. The maximum absolute atomic E-state index is 13.6. The highest BCUT2D eigenvalue weighted by Crippen LogP contribution is 2.26. The van der Waals surface area contributed by atoms with Gasteiger partial charge in [-0.2, -0.15) is 0 Å². The minimum absolute atomic E-state index is 0.0408. The van der Waals surface area contributed by atoms with Crippen LogP contribution in [0.2, 0.25) is 0 Å². The normalized spacial score (nSPS) is 10.6. The Kier molecular flexibility index (Phi) is 8.51. The molecule has 0 spiro atoms. The van der Waals surface area contributed by atoms with Crippen molar-refractivity contribution in [2.45, 2.75) is 25.7 Å². The zero-order valence-electron chi connectivity index (χ0n) is 14.9. The van der Waals surface area contributed by atoms with Crippen LogP contribution in [0.15, 0.2) is 42.5 Å². The van der Waals surface area contributed by atoms with Crippen molar-refractivity contribution in [1.82, 2.24) is 5.32 Å². The topological polar surface area (TPSA) is 67.8 Å². The molecule has 0 unspecified atom stereocenters. The van der Waals surface area contributed by atoms with Gasteiger partial charge in [-0.3, -0.25) is 4.79 Å². The molecule has 0 aliphatic rings. The van der Waals surface area contributed by atoms with E-state index in [0.717, 1.165) is 31.5 Å². The summed E-state index contributed by atoms with van der Waals surface area (Å²) in [5.41, 5.74) is 0. The van der Waals surface area contributed by atoms with Gasteiger partial charge in [0.2, 0.25) is 0 Å². The zero-order valence-corrected chi connectivity index (χ0v) is 14.9. The van der Waals surface area contributed by atoms with E-state index in [2.05, 4.69) is 5.32 Å². The van der Waals surface area contributed by atoms with Crippen molar-refractivity contribution in [1.29, 1.82) is 0 Å². The molecule has 5 nitrogen and oxygen atoms in total. The second kappa shape index (κ2) is 11.1. The molecule has 0 amide bonds. The molecule has 0 saturated heterocycles. The minimum atomic E-state index is -0.774. The largest absolute Gasteiger partial charge is 0.494 e. The number of nitrogens with one attached hydrogen (secondary N) is 1. The van der Waals surface area contributed by atoms with Crippen molar-refractivity contribution < 1.29 is 28.2 Å². The van der Waals surface area contributed by atoms with Gasteiger partial charge in [-0.05, 0) is 68.8 Å². The van der Waals surface area contributed by atoms with E-state index in [4.69, 9.17) is 14.6 Å². The number of rotatable bonds is 12. The number of carbonyl (C=O) groups is 1. The van der Waals surface area contributed by atoms with Crippen molar-refractivity contribution in [3.05, 3.63) is 54.1 Å². The molecule has 146 valence electrons. The van der Waals surface area contributed by atoms with E-state index in [0.29, 0.717) is 31.1 Å². The molecule has 0 fully saturated rings. The summed E-state index contributed by atoms with van der Waals surface area (Å²) in [5, 5.41) is 11.7. The summed E-state index contributed by atoms with van der Waals surface area (Å²) in [6.07, 6.45) is 2.61. The minimum Gasteiger partial charge on any atom is -0.494 e. The van der Waals surface area contributed by atoms with E-state index in [1.807, 2.05) is 0 Å². The molecule has 7 heteroatoms. The maximum atomic E-state index is 13.6. The third-order valence-corrected chi connectivity index (χ3v) is 3.71. The summed E-state index contributed by atoms with van der Waals surface area (Å²) in [4.78, 5) is 10.4. The molecule has 0 saturated carbocycles. The molecule has 2 rings (SSSR count). The van der Waals surface area contributed by atoms with Crippen LogP contribution in [0.25, 0.3) is 0 Å². The molecule has 2 aromatic carbocycles. The second-order valence-electron chi connectivity index (χ2n) is 5.95. The number of hydrogen-bond acceptors (Lipinski definition) is 4. The Morgan fingerprint density at radius 1 is 0.963 bits per heavy atom. The van der Waals surface area contributed by atoms with E-state index in [1.54, 1.807) is 24.3 Å². The van der Waals surface area contributed by atoms with E-state index in [-0.39, 0.29) is 12.2 Å². The van der Waals surface area contributed by atoms with Gasteiger partial charge in [0.05, 0.1) is 6.61 Å². The Balaban J connectivity index is 1.62. The number of benzene rings is 2. The molecule has 0 aliphatic heterocycles. The van der Waals surface area contributed by atoms with Crippen LogP contribution in [0.1, 0.15) is 25.7 Å². The maximum Gasteiger partial charge on any atom is 0.303 e. The Hall–Kier alpha value is -2.67. The zero-order chi connectivity index (χ0) is 19.5. The Morgan fingerprint density at radius 3 is 2.37 bits per heavy atom. The number of halogens is 2. The van der Waals surface area contributed by atoms with Crippen LogP contribution in [-0.4, -0.2) is 30.8 Å². The van der Waals surface area contributed by atoms with Gasteiger partial charge >= 0.3 is 5.97 Å². The van der Waals surface area contributed by atoms with Gasteiger partial charge in [0.15, 0.2) is 11.6 Å². The standard InChI is InChI=1S/C20H23F2NO4/c21-15-5-10-19(18(22)14-15)27-17-8-6-16(7-9-17)26-13-2-1-11-23-12-3-4-20(24)25/h5-10,14,23H,1-4,11-13H2,(H,24,25). The molecule has 2 aromatic rings. The van der Waals surface area contributed by atoms with Gasteiger partial charge in [0.25, 0.3) is 0 Å². The molecule has 0 heterocycles. The van der Waals surface area contributed by atoms with Crippen molar-refractivity contribution in [2.75, 3.05) is 19.7 Å². The molecule has 27 heavy (non-hydrogen) atoms. The number of carboxylic acids is 1. The molecule has 0 atom stereocenters. The van der Waals surface area contributed by atoms with Gasteiger partial charge in [-0.15, -0.1) is 0 Å². The molecule has 0 radical (unpaired) electrons. The van der Waals surface area contributed by atoms with Crippen LogP contribution in [0, 0.1) is 11.6 Å². The Labute approximate surface area is 156 Å². The lowest BCUT2D eigenvalue weighted by molar-refractivity contribution is -0.137. The highest BCUT2D eigenvalue weighted by Gasteiger charge is 2.06. The van der Waals surface area contributed by atoms with Gasteiger partial charge in [0.1, 0.15) is 17.3 Å². The number of hydrogen-bond donors (Lipinski definition) is 2. The van der Waals surface area contributed by atoms with Crippen LogP contribution >= 0.6 is 0 Å². The summed E-state index contributed by atoms with van der Waals surface area (Å²) in [6, 6.07) is 9.90. The fourth-order valence-corrected chi connectivity index (χ4v) is 2.32. The highest BCUT2D eigenvalue weighted by atomic mass is 19.1. The van der Waals surface area contributed by atoms with E-state index < -0.39 is 17.6 Å². The predicted octanol–water partition coefficient (Wildman–Crippen LogP) is 4.37. The quantitative estimate of drug-likeness (QED) is 0.536. The lowest BCUT2D eigenvalue weighted by atomic mass is 10.3. The van der Waals surface area contributed by atoms with E-state index >= 15 is 0 Å². The molecule has 0 bridgehead atoms. The lowest BCUT2D eigenvalue weighted by Crippen LogP contribution is -2.18. The van der Waals surface area contributed by atoms with Crippen LogP contribution in [0.3, 0.4) is 0 Å². The fourth-order valence-electron chi connectivity index (χ4n) is 2.32. The average molecular weight is 379 g/mol. The summed E-state index contributed by atoms with van der Waals surface area (Å²) < 4.78 is 37.5. The van der Waals surface area contributed by atoms with Crippen molar-refractivity contribution in [3.63, 3.8) is 0 Å². The molecule has 2 N–H and O–H groups in total. The number of carboxylic acid groups (broad SMARTS) is 1. The summed E-state index contributed by atoms with van der Waals surface area (Å²) in [5.74, 6) is -1.12. The van der Waals surface area contributed by atoms with Crippen molar-refractivity contribution in [2.24, 2.45) is 0 Å². The number of unbranched alkanes of at least 4 members (excludes halogenated alkanes) is 1. The Bertz CT molecular complexity index is 722. The van der Waals surface area contributed by atoms with Gasteiger partial charge in [0, 0.05) is 12.5 Å². The lowest BCUT2D eigenvalue weighted by Gasteiger charge is -2.09. The first kappa shape index (κ1) is 20.6. The third kappa shape index (κ3) is 8.04. The predicted molar refractivity (Wildman–Crippen MR) is 97.3 cm³/mol.